The number of nitrogens with zero attached hydrogens (tertiary/aromatic N) is 2. The molecular formula is C13H28N4O2S. The summed E-state index contributed by atoms with van der Waals surface area (Å²) in [6, 6.07) is 0.578. The molecule has 7 heteroatoms. The van der Waals surface area contributed by atoms with Crippen molar-refractivity contribution in [2.75, 3.05) is 45.2 Å². The van der Waals surface area contributed by atoms with Crippen molar-refractivity contribution >= 4 is 15.8 Å². The fourth-order valence-electron chi connectivity index (χ4n) is 2.52. The number of rotatable bonds is 7. The third-order valence-electron chi connectivity index (χ3n) is 3.62. The lowest BCUT2D eigenvalue weighted by Gasteiger charge is -2.23. The van der Waals surface area contributed by atoms with Gasteiger partial charge in [0.15, 0.2) is 5.96 Å². The third-order valence-corrected chi connectivity index (χ3v) is 4.65. The molecule has 1 saturated heterocycles. The zero-order valence-electron chi connectivity index (χ0n) is 12.9. The smallest absolute Gasteiger partial charge is 0.191 e. The summed E-state index contributed by atoms with van der Waals surface area (Å²) >= 11 is 0. The van der Waals surface area contributed by atoms with Crippen LogP contribution in [0, 0.1) is 0 Å². The molecule has 0 amide bonds. The predicted octanol–water partition coefficient (Wildman–Crippen LogP) is 0.0704. The highest BCUT2D eigenvalue weighted by atomic mass is 32.2. The molecule has 0 aromatic carbocycles. The molecule has 0 aliphatic carbocycles. The minimum atomic E-state index is -2.87. The number of aliphatic imine (C=N–C) groups is 1. The minimum Gasteiger partial charge on any atom is -0.356 e. The lowest BCUT2D eigenvalue weighted by Crippen LogP contribution is -2.45. The Hall–Kier alpha value is -0.820. The number of nitrogens with one attached hydrogen (secondary N) is 2. The first-order valence-corrected chi connectivity index (χ1v) is 9.38. The maximum atomic E-state index is 11.0. The van der Waals surface area contributed by atoms with Gasteiger partial charge in [-0.1, -0.05) is 6.92 Å². The largest absolute Gasteiger partial charge is 0.356 e. The number of likely N-dealkylation sites (tertiary alicyclic amines) is 1. The van der Waals surface area contributed by atoms with Crippen LogP contribution >= 0.6 is 0 Å². The average Bonchev–Trinajstić information content (AvgIpc) is 2.84. The highest BCUT2D eigenvalue weighted by Gasteiger charge is 2.22. The van der Waals surface area contributed by atoms with Crippen molar-refractivity contribution in [2.45, 2.75) is 32.2 Å². The van der Waals surface area contributed by atoms with E-state index in [1.807, 2.05) is 0 Å². The molecule has 20 heavy (non-hydrogen) atoms. The van der Waals surface area contributed by atoms with Crippen molar-refractivity contribution in [3.8, 4) is 0 Å². The van der Waals surface area contributed by atoms with Gasteiger partial charge in [0.25, 0.3) is 0 Å². The standard InChI is InChI=1S/C13H28N4O2S/c1-4-17-9-5-7-12(17)11-16-13(14-2)15-8-6-10-20(3,18)19/h12H,4-11H2,1-3H3,(H2,14,15,16). The Balaban J connectivity index is 2.23. The van der Waals surface area contributed by atoms with Crippen LogP contribution in [0.5, 0.6) is 0 Å². The molecule has 2 N–H and O–H groups in total. The first-order chi connectivity index (χ1) is 9.46. The SMILES string of the molecule is CCN1CCCC1CNC(=NC)NCCCS(C)(=O)=O. The van der Waals surface area contributed by atoms with Crippen molar-refractivity contribution in [1.29, 1.82) is 0 Å². The Labute approximate surface area is 122 Å². The second kappa shape index (κ2) is 8.46. The van der Waals surface area contributed by atoms with Gasteiger partial charge in [-0.2, -0.15) is 0 Å². The lowest BCUT2D eigenvalue weighted by molar-refractivity contribution is 0.267. The molecular weight excluding hydrogens is 276 g/mol. The van der Waals surface area contributed by atoms with E-state index in [1.165, 1.54) is 25.6 Å². The molecule has 118 valence electrons. The Kier molecular flexibility index (Phi) is 7.29. The maximum Gasteiger partial charge on any atom is 0.191 e. The van der Waals surface area contributed by atoms with Crippen LogP contribution < -0.4 is 10.6 Å². The second-order valence-electron chi connectivity index (χ2n) is 5.29. The van der Waals surface area contributed by atoms with Gasteiger partial charge in [-0.3, -0.25) is 9.89 Å². The van der Waals surface area contributed by atoms with Gasteiger partial charge in [0.05, 0.1) is 5.75 Å². The topological polar surface area (TPSA) is 73.8 Å². The summed E-state index contributed by atoms with van der Waals surface area (Å²) in [5.74, 6) is 0.963. The van der Waals surface area contributed by atoms with Crippen LogP contribution in [0.2, 0.25) is 0 Å². The highest BCUT2D eigenvalue weighted by Crippen LogP contribution is 2.15. The molecule has 0 radical (unpaired) electrons. The Morgan fingerprint density at radius 3 is 2.75 bits per heavy atom. The number of likely N-dealkylation sites (N-methyl/N-ethyl adjacent to an activating group) is 1. The van der Waals surface area contributed by atoms with E-state index in [0.717, 1.165) is 19.0 Å². The van der Waals surface area contributed by atoms with E-state index >= 15 is 0 Å². The van der Waals surface area contributed by atoms with Crippen molar-refractivity contribution in [1.82, 2.24) is 15.5 Å². The molecule has 0 aromatic rings. The Bertz CT molecular complexity index is 409. The monoisotopic (exact) mass is 304 g/mol. The minimum absolute atomic E-state index is 0.212. The molecule has 1 atom stereocenters. The van der Waals surface area contributed by atoms with E-state index in [0.29, 0.717) is 19.0 Å². The van der Waals surface area contributed by atoms with Crippen molar-refractivity contribution < 1.29 is 8.42 Å². The van der Waals surface area contributed by atoms with Gasteiger partial charge in [-0.05, 0) is 32.4 Å². The molecule has 1 heterocycles. The van der Waals surface area contributed by atoms with Crippen LogP contribution in [-0.4, -0.2) is 70.6 Å². The molecule has 0 bridgehead atoms. The normalized spacial score (nSPS) is 21.1. The van der Waals surface area contributed by atoms with Crippen LogP contribution in [-0.2, 0) is 9.84 Å². The van der Waals surface area contributed by atoms with Gasteiger partial charge < -0.3 is 10.6 Å². The maximum absolute atomic E-state index is 11.0. The fourth-order valence-corrected chi connectivity index (χ4v) is 3.19. The van der Waals surface area contributed by atoms with Crippen LogP contribution in [0.25, 0.3) is 0 Å². The molecule has 0 aromatic heterocycles. The molecule has 6 nitrogen and oxygen atoms in total. The summed E-state index contributed by atoms with van der Waals surface area (Å²) in [6.07, 6.45) is 4.36. The number of hydrogen-bond donors (Lipinski definition) is 2. The number of guanidine groups is 1. The molecule has 1 fully saturated rings. The van der Waals surface area contributed by atoms with Crippen molar-refractivity contribution in [3.63, 3.8) is 0 Å². The summed E-state index contributed by atoms with van der Waals surface area (Å²) in [5.41, 5.74) is 0. The molecule has 1 aliphatic rings. The van der Waals surface area contributed by atoms with Gasteiger partial charge in [0.1, 0.15) is 9.84 Å². The van der Waals surface area contributed by atoms with Gasteiger partial charge >= 0.3 is 0 Å². The van der Waals surface area contributed by atoms with E-state index in [2.05, 4.69) is 27.4 Å². The van der Waals surface area contributed by atoms with Crippen LogP contribution in [0.4, 0.5) is 0 Å². The third kappa shape index (κ3) is 6.56. The van der Waals surface area contributed by atoms with Crippen LogP contribution in [0.15, 0.2) is 4.99 Å². The lowest BCUT2D eigenvalue weighted by atomic mass is 10.2. The van der Waals surface area contributed by atoms with Crippen molar-refractivity contribution in [3.05, 3.63) is 0 Å². The first-order valence-electron chi connectivity index (χ1n) is 7.32. The van der Waals surface area contributed by atoms with Gasteiger partial charge in [-0.15, -0.1) is 0 Å². The summed E-state index contributed by atoms with van der Waals surface area (Å²) in [4.78, 5) is 6.64. The van der Waals surface area contributed by atoms with E-state index in [1.54, 1.807) is 7.05 Å². The van der Waals surface area contributed by atoms with Crippen molar-refractivity contribution in [2.24, 2.45) is 4.99 Å². The van der Waals surface area contributed by atoms with E-state index in [4.69, 9.17) is 0 Å². The zero-order chi connectivity index (χ0) is 15.0. The molecule has 1 rings (SSSR count). The molecule has 0 saturated carbocycles. The van der Waals surface area contributed by atoms with Crippen LogP contribution in [0.3, 0.4) is 0 Å². The Morgan fingerprint density at radius 2 is 2.15 bits per heavy atom. The summed E-state index contributed by atoms with van der Waals surface area (Å²) in [5, 5.41) is 6.48. The molecule has 0 spiro atoms. The summed E-state index contributed by atoms with van der Waals surface area (Å²) in [6.45, 7) is 5.97. The van der Waals surface area contributed by atoms with E-state index in [9.17, 15) is 8.42 Å². The van der Waals surface area contributed by atoms with E-state index in [-0.39, 0.29) is 5.75 Å². The summed E-state index contributed by atoms with van der Waals surface area (Å²) in [7, 11) is -1.14. The number of sulfone groups is 1. The molecule has 1 aliphatic heterocycles. The molecule has 1 unspecified atom stereocenters. The average molecular weight is 304 g/mol. The quantitative estimate of drug-likeness (QED) is 0.396. The second-order valence-corrected chi connectivity index (χ2v) is 7.55. The highest BCUT2D eigenvalue weighted by molar-refractivity contribution is 7.90. The first kappa shape index (κ1) is 17.2. The predicted molar refractivity (Wildman–Crippen MR) is 84.0 cm³/mol. The van der Waals surface area contributed by atoms with Gasteiger partial charge in [0, 0.05) is 32.4 Å². The number of hydrogen-bond acceptors (Lipinski definition) is 4. The van der Waals surface area contributed by atoms with Crippen LogP contribution in [0.1, 0.15) is 26.2 Å². The van der Waals surface area contributed by atoms with Gasteiger partial charge in [-0.25, -0.2) is 8.42 Å². The fraction of sp³-hybridized carbons (Fsp3) is 0.923. The summed E-state index contributed by atoms with van der Waals surface area (Å²) < 4.78 is 22.1. The van der Waals surface area contributed by atoms with E-state index < -0.39 is 9.84 Å². The van der Waals surface area contributed by atoms with Gasteiger partial charge in [0.2, 0.25) is 0 Å². The zero-order valence-corrected chi connectivity index (χ0v) is 13.7. The Morgan fingerprint density at radius 1 is 1.40 bits per heavy atom.